The molecule has 1 N–H and O–H groups in total. The van der Waals surface area contributed by atoms with Crippen molar-refractivity contribution >= 4 is 11.8 Å². The lowest BCUT2D eigenvalue weighted by molar-refractivity contribution is -0.130. The number of benzene rings is 1. The molecule has 0 aromatic heterocycles. The van der Waals surface area contributed by atoms with Crippen LogP contribution in [0.25, 0.3) is 0 Å². The average Bonchev–Trinajstić information content (AvgIpc) is 3.33. The lowest BCUT2D eigenvalue weighted by Crippen LogP contribution is -2.37. The van der Waals surface area contributed by atoms with E-state index in [1.54, 1.807) is 0 Å². The van der Waals surface area contributed by atoms with Crippen molar-refractivity contribution in [3.8, 4) is 11.5 Å². The second-order valence-corrected chi connectivity index (χ2v) is 7.57. The van der Waals surface area contributed by atoms with Gasteiger partial charge < -0.3 is 19.7 Å². The maximum Gasteiger partial charge on any atom is 0.225 e. The highest BCUT2D eigenvalue weighted by atomic mass is 16.5. The standard InChI is InChI=1S/C22H32N2O4/c1-3-27-19-10-9-16(13-20(19)28-4-2)11-12-23-22(26)17-14-21(25)24(15-17)18-7-5-6-8-18/h9-10,13,17-18H,3-8,11-12,14-15H2,1-2H3,(H,23,26)/t17-/m1/s1. The first-order chi connectivity index (χ1) is 13.6. The summed E-state index contributed by atoms with van der Waals surface area (Å²) >= 11 is 0. The Kier molecular flexibility index (Phi) is 7.18. The molecule has 1 atom stereocenters. The van der Waals surface area contributed by atoms with Gasteiger partial charge in [0.15, 0.2) is 11.5 Å². The fourth-order valence-electron chi connectivity index (χ4n) is 4.20. The Labute approximate surface area is 167 Å². The Hall–Kier alpha value is -2.24. The number of nitrogens with one attached hydrogen (secondary N) is 1. The van der Waals surface area contributed by atoms with Gasteiger partial charge in [0.05, 0.1) is 19.1 Å². The van der Waals surface area contributed by atoms with E-state index >= 15 is 0 Å². The summed E-state index contributed by atoms with van der Waals surface area (Å²) < 4.78 is 11.2. The van der Waals surface area contributed by atoms with Crippen LogP contribution in [0.2, 0.25) is 0 Å². The van der Waals surface area contributed by atoms with Crippen LogP contribution in [-0.2, 0) is 16.0 Å². The fraction of sp³-hybridized carbons (Fsp3) is 0.636. The van der Waals surface area contributed by atoms with Crippen LogP contribution in [0, 0.1) is 5.92 Å². The predicted octanol–water partition coefficient (Wildman–Crippen LogP) is 2.93. The number of ether oxygens (including phenoxy) is 2. The van der Waals surface area contributed by atoms with Gasteiger partial charge in [0.2, 0.25) is 11.8 Å². The third-order valence-electron chi connectivity index (χ3n) is 5.62. The normalized spacial score (nSPS) is 19.9. The number of amides is 2. The second-order valence-electron chi connectivity index (χ2n) is 7.57. The van der Waals surface area contributed by atoms with Gasteiger partial charge in [-0.2, -0.15) is 0 Å². The zero-order valence-electron chi connectivity index (χ0n) is 17.0. The van der Waals surface area contributed by atoms with E-state index in [1.807, 2.05) is 36.9 Å². The van der Waals surface area contributed by atoms with Crippen molar-refractivity contribution in [2.45, 2.75) is 58.4 Å². The number of carbonyl (C=O) groups is 2. The molecule has 0 radical (unpaired) electrons. The van der Waals surface area contributed by atoms with Crippen molar-refractivity contribution in [2.24, 2.45) is 5.92 Å². The summed E-state index contributed by atoms with van der Waals surface area (Å²) in [5.41, 5.74) is 1.09. The first kappa shape index (κ1) is 20.5. The number of carbonyl (C=O) groups excluding carboxylic acids is 2. The molecule has 0 spiro atoms. The van der Waals surface area contributed by atoms with Gasteiger partial charge in [-0.05, 0) is 50.8 Å². The van der Waals surface area contributed by atoms with E-state index in [-0.39, 0.29) is 17.7 Å². The summed E-state index contributed by atoms with van der Waals surface area (Å²) in [6.07, 6.45) is 5.61. The van der Waals surface area contributed by atoms with Crippen molar-refractivity contribution in [3.63, 3.8) is 0 Å². The van der Waals surface area contributed by atoms with Crippen LogP contribution < -0.4 is 14.8 Å². The van der Waals surface area contributed by atoms with Crippen LogP contribution in [0.5, 0.6) is 11.5 Å². The van der Waals surface area contributed by atoms with Gasteiger partial charge >= 0.3 is 0 Å². The molecule has 1 heterocycles. The van der Waals surface area contributed by atoms with E-state index < -0.39 is 0 Å². The Morgan fingerprint density at radius 2 is 1.86 bits per heavy atom. The van der Waals surface area contributed by atoms with Gasteiger partial charge in [-0.1, -0.05) is 18.9 Å². The van der Waals surface area contributed by atoms with E-state index in [0.717, 1.165) is 29.9 Å². The van der Waals surface area contributed by atoms with Crippen molar-refractivity contribution in [1.29, 1.82) is 0 Å². The lowest BCUT2D eigenvalue weighted by Gasteiger charge is -2.23. The number of hydrogen-bond donors (Lipinski definition) is 1. The summed E-state index contributed by atoms with van der Waals surface area (Å²) in [7, 11) is 0. The van der Waals surface area contributed by atoms with Gasteiger partial charge in [0.25, 0.3) is 0 Å². The summed E-state index contributed by atoms with van der Waals surface area (Å²) in [5, 5.41) is 3.01. The van der Waals surface area contributed by atoms with Gasteiger partial charge in [0, 0.05) is 25.6 Å². The summed E-state index contributed by atoms with van der Waals surface area (Å²) in [5.74, 6) is 1.40. The highest BCUT2D eigenvalue weighted by Gasteiger charge is 2.38. The van der Waals surface area contributed by atoms with Crippen LogP contribution in [0.1, 0.15) is 51.5 Å². The Morgan fingerprint density at radius 3 is 2.57 bits per heavy atom. The van der Waals surface area contributed by atoms with E-state index in [9.17, 15) is 9.59 Å². The smallest absolute Gasteiger partial charge is 0.225 e. The second kappa shape index (κ2) is 9.80. The van der Waals surface area contributed by atoms with Crippen molar-refractivity contribution < 1.29 is 19.1 Å². The molecule has 1 saturated heterocycles. The van der Waals surface area contributed by atoms with E-state index in [2.05, 4.69) is 5.32 Å². The fourth-order valence-corrected chi connectivity index (χ4v) is 4.20. The summed E-state index contributed by atoms with van der Waals surface area (Å²) in [6.45, 7) is 6.18. The average molecular weight is 389 g/mol. The van der Waals surface area contributed by atoms with E-state index in [1.165, 1.54) is 12.8 Å². The molecule has 6 nitrogen and oxygen atoms in total. The topological polar surface area (TPSA) is 67.9 Å². The molecule has 1 aromatic rings. The lowest BCUT2D eigenvalue weighted by atomic mass is 10.1. The van der Waals surface area contributed by atoms with Gasteiger partial charge in [-0.15, -0.1) is 0 Å². The molecule has 0 unspecified atom stereocenters. The molecule has 154 valence electrons. The van der Waals surface area contributed by atoms with Crippen LogP contribution >= 0.6 is 0 Å². The minimum absolute atomic E-state index is 0.00943. The minimum Gasteiger partial charge on any atom is -0.490 e. The third-order valence-corrected chi connectivity index (χ3v) is 5.62. The Balaban J connectivity index is 1.48. The molecule has 1 aliphatic heterocycles. The molecule has 2 aliphatic rings. The van der Waals surface area contributed by atoms with E-state index in [4.69, 9.17) is 9.47 Å². The van der Waals surface area contributed by atoms with Crippen LogP contribution in [0.4, 0.5) is 0 Å². The van der Waals surface area contributed by atoms with Gasteiger partial charge in [0.1, 0.15) is 0 Å². The SMILES string of the molecule is CCOc1ccc(CCNC(=O)[C@@H]2CC(=O)N(C3CCCC3)C2)cc1OCC. The molecule has 1 aliphatic carbocycles. The summed E-state index contributed by atoms with van der Waals surface area (Å²) in [6, 6.07) is 6.24. The number of likely N-dealkylation sites (tertiary alicyclic amines) is 1. The first-order valence-corrected chi connectivity index (χ1v) is 10.6. The van der Waals surface area contributed by atoms with Crippen LogP contribution in [-0.4, -0.2) is 49.1 Å². The van der Waals surface area contributed by atoms with Gasteiger partial charge in [-0.3, -0.25) is 9.59 Å². The molecule has 3 rings (SSSR count). The zero-order valence-corrected chi connectivity index (χ0v) is 17.0. The monoisotopic (exact) mass is 388 g/mol. The molecule has 28 heavy (non-hydrogen) atoms. The largest absolute Gasteiger partial charge is 0.490 e. The Bertz CT molecular complexity index is 685. The molecule has 1 saturated carbocycles. The zero-order chi connectivity index (χ0) is 19.9. The van der Waals surface area contributed by atoms with Crippen molar-refractivity contribution in [1.82, 2.24) is 10.2 Å². The maximum absolute atomic E-state index is 12.5. The quantitative estimate of drug-likeness (QED) is 0.706. The molecule has 6 heteroatoms. The Morgan fingerprint density at radius 1 is 1.14 bits per heavy atom. The molecular weight excluding hydrogens is 356 g/mol. The first-order valence-electron chi connectivity index (χ1n) is 10.6. The predicted molar refractivity (Wildman–Crippen MR) is 108 cm³/mol. The highest BCUT2D eigenvalue weighted by Crippen LogP contribution is 2.30. The maximum atomic E-state index is 12.5. The molecule has 2 amide bonds. The summed E-state index contributed by atoms with van der Waals surface area (Å²) in [4.78, 5) is 26.7. The van der Waals surface area contributed by atoms with Crippen molar-refractivity contribution in [3.05, 3.63) is 23.8 Å². The van der Waals surface area contributed by atoms with Crippen molar-refractivity contribution in [2.75, 3.05) is 26.3 Å². The molecule has 0 bridgehead atoms. The number of hydrogen-bond acceptors (Lipinski definition) is 4. The number of nitrogens with zero attached hydrogens (tertiary/aromatic N) is 1. The number of rotatable bonds is 9. The van der Waals surface area contributed by atoms with Crippen LogP contribution in [0.3, 0.4) is 0 Å². The molecular formula is C22H32N2O4. The third kappa shape index (κ3) is 4.97. The highest BCUT2D eigenvalue weighted by molar-refractivity contribution is 5.89. The molecule has 1 aromatic carbocycles. The van der Waals surface area contributed by atoms with Crippen LogP contribution in [0.15, 0.2) is 18.2 Å². The van der Waals surface area contributed by atoms with E-state index in [0.29, 0.717) is 45.2 Å². The van der Waals surface area contributed by atoms with Gasteiger partial charge in [-0.25, -0.2) is 0 Å². The molecule has 2 fully saturated rings. The minimum atomic E-state index is -0.215.